The van der Waals surface area contributed by atoms with Crippen molar-refractivity contribution >= 4 is 21.7 Å². The van der Waals surface area contributed by atoms with Crippen molar-refractivity contribution in [2.45, 2.75) is 63.8 Å². The number of rotatable bonds is 6. The number of amides is 2. The van der Waals surface area contributed by atoms with E-state index in [2.05, 4.69) is 21.4 Å². The Labute approximate surface area is 155 Å². The standard InChI is InChI=1S/C19H27N3O3S/c1-2-20-19(9-10-19)12-26(24,25)22-18(23)21-17-15-7-3-5-13(15)11-14-6-4-8-16(14)17/h11,20H,2-10,12H2,1H3,(H2,21,22,23). The van der Waals surface area contributed by atoms with Gasteiger partial charge in [-0.3, -0.25) is 0 Å². The summed E-state index contributed by atoms with van der Waals surface area (Å²) >= 11 is 0. The Hall–Kier alpha value is -1.60. The third kappa shape index (κ3) is 3.47. The minimum absolute atomic E-state index is 0.0493. The van der Waals surface area contributed by atoms with E-state index in [1.165, 1.54) is 22.3 Å². The van der Waals surface area contributed by atoms with Crippen molar-refractivity contribution in [2.24, 2.45) is 0 Å². The van der Waals surface area contributed by atoms with Crippen molar-refractivity contribution in [3.05, 3.63) is 28.3 Å². The second-order valence-corrected chi connectivity index (χ2v) is 9.58. The van der Waals surface area contributed by atoms with Crippen LogP contribution in [0.3, 0.4) is 0 Å². The summed E-state index contributed by atoms with van der Waals surface area (Å²) in [5.41, 5.74) is 5.54. The number of sulfonamides is 1. The molecule has 0 unspecified atom stereocenters. The molecule has 3 N–H and O–H groups in total. The Morgan fingerprint density at radius 1 is 1.08 bits per heavy atom. The Bertz CT molecular complexity index is 812. The van der Waals surface area contributed by atoms with Crippen molar-refractivity contribution in [1.29, 1.82) is 0 Å². The summed E-state index contributed by atoms with van der Waals surface area (Å²) in [7, 11) is -3.67. The molecule has 142 valence electrons. The highest BCUT2D eigenvalue weighted by Crippen LogP contribution is 2.39. The van der Waals surface area contributed by atoms with E-state index in [-0.39, 0.29) is 11.3 Å². The van der Waals surface area contributed by atoms with E-state index in [9.17, 15) is 13.2 Å². The number of carbonyl (C=O) groups excluding carboxylic acids is 1. The molecule has 0 spiro atoms. The monoisotopic (exact) mass is 377 g/mol. The molecule has 1 aromatic carbocycles. The van der Waals surface area contributed by atoms with Gasteiger partial charge in [-0.15, -0.1) is 0 Å². The molecule has 0 saturated heterocycles. The molecule has 6 nitrogen and oxygen atoms in total. The number of hydrogen-bond acceptors (Lipinski definition) is 4. The highest BCUT2D eigenvalue weighted by atomic mass is 32.2. The van der Waals surface area contributed by atoms with Crippen LogP contribution in [0.25, 0.3) is 0 Å². The molecule has 1 fully saturated rings. The Morgan fingerprint density at radius 3 is 2.23 bits per heavy atom. The molecule has 0 heterocycles. The zero-order valence-corrected chi connectivity index (χ0v) is 16.1. The predicted octanol–water partition coefficient (Wildman–Crippen LogP) is 2.26. The van der Waals surface area contributed by atoms with Gasteiger partial charge in [0, 0.05) is 11.2 Å². The second-order valence-electron chi connectivity index (χ2n) is 7.86. The van der Waals surface area contributed by atoms with Crippen molar-refractivity contribution in [2.75, 3.05) is 17.6 Å². The van der Waals surface area contributed by atoms with E-state index in [1.807, 2.05) is 6.92 Å². The van der Waals surface area contributed by atoms with E-state index in [1.54, 1.807) is 0 Å². The molecule has 0 radical (unpaired) electrons. The third-order valence-corrected chi connectivity index (χ3v) is 7.26. The van der Waals surface area contributed by atoms with Crippen molar-refractivity contribution in [3.63, 3.8) is 0 Å². The first-order chi connectivity index (χ1) is 12.4. The second kappa shape index (κ2) is 6.53. The molecular formula is C19H27N3O3S. The number of carbonyl (C=O) groups is 1. The van der Waals surface area contributed by atoms with Gasteiger partial charge in [-0.05, 0) is 80.2 Å². The Kier molecular flexibility index (Phi) is 4.47. The lowest BCUT2D eigenvalue weighted by Crippen LogP contribution is -2.44. The lowest BCUT2D eigenvalue weighted by Gasteiger charge is -2.19. The topological polar surface area (TPSA) is 87.3 Å². The van der Waals surface area contributed by atoms with Crippen molar-refractivity contribution in [3.8, 4) is 0 Å². The van der Waals surface area contributed by atoms with Crippen LogP contribution in [0.4, 0.5) is 10.5 Å². The Morgan fingerprint density at radius 2 is 1.69 bits per heavy atom. The third-order valence-electron chi connectivity index (χ3n) is 5.83. The SMILES string of the molecule is CCNC1(CS(=O)(=O)NC(=O)Nc2c3c(cc4c2CCC4)CCC3)CC1. The fraction of sp³-hybridized carbons (Fsp3) is 0.632. The summed E-state index contributed by atoms with van der Waals surface area (Å²) in [6.07, 6.45) is 7.86. The predicted molar refractivity (Wildman–Crippen MR) is 102 cm³/mol. The zero-order valence-electron chi connectivity index (χ0n) is 15.3. The maximum atomic E-state index is 12.5. The van der Waals surface area contributed by atoms with Gasteiger partial charge in [0.05, 0.1) is 5.75 Å². The van der Waals surface area contributed by atoms with Crippen LogP contribution in [-0.4, -0.2) is 32.3 Å². The van der Waals surface area contributed by atoms with Gasteiger partial charge >= 0.3 is 6.03 Å². The number of benzene rings is 1. The average molecular weight is 378 g/mol. The average Bonchev–Trinajstić information content (AvgIpc) is 2.99. The van der Waals surface area contributed by atoms with Gasteiger partial charge in [0.15, 0.2) is 0 Å². The molecule has 1 saturated carbocycles. The first kappa shape index (κ1) is 17.8. The van der Waals surface area contributed by atoms with Gasteiger partial charge in [-0.1, -0.05) is 13.0 Å². The van der Waals surface area contributed by atoms with Crippen LogP contribution in [0.15, 0.2) is 6.07 Å². The van der Waals surface area contributed by atoms with Crippen LogP contribution in [-0.2, 0) is 35.7 Å². The molecule has 0 bridgehead atoms. The van der Waals surface area contributed by atoms with E-state index in [4.69, 9.17) is 0 Å². The largest absolute Gasteiger partial charge is 0.332 e. The van der Waals surface area contributed by atoms with Crippen molar-refractivity contribution < 1.29 is 13.2 Å². The molecule has 7 heteroatoms. The van der Waals surface area contributed by atoms with Gasteiger partial charge in [0.1, 0.15) is 0 Å². The summed E-state index contributed by atoms with van der Waals surface area (Å²) in [6, 6.07) is 1.66. The summed E-state index contributed by atoms with van der Waals surface area (Å²) in [5.74, 6) is -0.0493. The Balaban J connectivity index is 1.49. The molecule has 0 aromatic heterocycles. The van der Waals surface area contributed by atoms with Crippen molar-refractivity contribution in [1.82, 2.24) is 10.0 Å². The van der Waals surface area contributed by atoms with E-state index in [0.717, 1.165) is 63.6 Å². The number of anilines is 1. The smallest absolute Gasteiger partial charge is 0.310 e. The molecule has 2 amide bonds. The maximum Gasteiger partial charge on any atom is 0.332 e. The summed E-state index contributed by atoms with van der Waals surface area (Å²) in [4.78, 5) is 12.5. The van der Waals surface area contributed by atoms with Crippen LogP contribution in [0.2, 0.25) is 0 Å². The first-order valence-corrected chi connectivity index (χ1v) is 11.3. The van der Waals surface area contributed by atoms with Crippen LogP contribution < -0.4 is 15.4 Å². The number of aryl methyl sites for hydroxylation is 2. The zero-order chi connectivity index (χ0) is 18.4. The quantitative estimate of drug-likeness (QED) is 0.710. The lowest BCUT2D eigenvalue weighted by atomic mass is 9.99. The van der Waals surface area contributed by atoms with Crippen LogP contribution in [0, 0.1) is 0 Å². The number of fused-ring (bicyclic) bond motifs is 2. The van der Waals surface area contributed by atoms with E-state index in [0.29, 0.717) is 0 Å². The van der Waals surface area contributed by atoms with Gasteiger partial charge in [-0.25, -0.2) is 17.9 Å². The minimum atomic E-state index is -3.67. The first-order valence-electron chi connectivity index (χ1n) is 9.64. The molecular weight excluding hydrogens is 350 g/mol. The van der Waals surface area contributed by atoms with Crippen LogP contribution in [0.1, 0.15) is 54.9 Å². The number of hydrogen-bond donors (Lipinski definition) is 3. The normalized spacial score (nSPS) is 19.7. The minimum Gasteiger partial charge on any atom is -0.310 e. The molecule has 0 atom stereocenters. The molecule has 3 aliphatic carbocycles. The highest BCUT2D eigenvalue weighted by molar-refractivity contribution is 7.90. The van der Waals surface area contributed by atoms with E-state index < -0.39 is 16.1 Å². The molecule has 26 heavy (non-hydrogen) atoms. The van der Waals surface area contributed by atoms with Gasteiger partial charge in [0.2, 0.25) is 10.0 Å². The van der Waals surface area contributed by atoms with Gasteiger partial charge in [-0.2, -0.15) is 0 Å². The van der Waals surface area contributed by atoms with Crippen LogP contribution >= 0.6 is 0 Å². The molecule has 4 rings (SSSR count). The summed E-state index contributed by atoms with van der Waals surface area (Å²) in [5, 5.41) is 6.12. The lowest BCUT2D eigenvalue weighted by molar-refractivity contribution is 0.256. The summed E-state index contributed by atoms with van der Waals surface area (Å²) in [6.45, 7) is 2.69. The molecule has 3 aliphatic rings. The number of nitrogens with one attached hydrogen (secondary N) is 3. The molecule has 1 aromatic rings. The van der Waals surface area contributed by atoms with E-state index >= 15 is 0 Å². The van der Waals surface area contributed by atoms with Gasteiger partial charge in [0.25, 0.3) is 0 Å². The number of urea groups is 1. The molecule has 0 aliphatic heterocycles. The van der Waals surface area contributed by atoms with Crippen LogP contribution in [0.5, 0.6) is 0 Å². The fourth-order valence-corrected chi connectivity index (χ4v) is 6.07. The fourth-order valence-electron chi connectivity index (χ4n) is 4.55. The van der Waals surface area contributed by atoms with Gasteiger partial charge < -0.3 is 10.6 Å². The summed E-state index contributed by atoms with van der Waals surface area (Å²) < 4.78 is 27.1. The maximum absolute atomic E-state index is 12.5. The highest BCUT2D eigenvalue weighted by Gasteiger charge is 2.45.